The van der Waals surface area contributed by atoms with E-state index in [-0.39, 0.29) is 17.2 Å². The molecule has 3 rings (SSSR count). The van der Waals surface area contributed by atoms with Crippen LogP contribution in [0, 0.1) is 5.41 Å². The van der Waals surface area contributed by atoms with Gasteiger partial charge in [0.25, 0.3) is 5.91 Å². The highest BCUT2D eigenvalue weighted by molar-refractivity contribution is 5.93. The number of carbonyl (C=O) groups is 2. The Balaban J connectivity index is 1.64. The van der Waals surface area contributed by atoms with E-state index in [2.05, 4.69) is 15.5 Å². The topological polar surface area (TPSA) is 75.2 Å². The van der Waals surface area contributed by atoms with Gasteiger partial charge in [0, 0.05) is 26.1 Å². The molecule has 2 aliphatic rings. The quantitative estimate of drug-likeness (QED) is 0.783. The molecule has 6 heteroatoms. The van der Waals surface area contributed by atoms with Gasteiger partial charge >= 0.3 is 0 Å². The third-order valence-corrected chi connectivity index (χ3v) is 4.14. The molecule has 0 bridgehead atoms. The number of piperidine rings is 1. The van der Waals surface area contributed by atoms with Gasteiger partial charge in [0.15, 0.2) is 0 Å². The molecule has 0 unspecified atom stereocenters. The first-order chi connectivity index (χ1) is 9.19. The lowest BCUT2D eigenvalue weighted by Gasteiger charge is -2.38. The summed E-state index contributed by atoms with van der Waals surface area (Å²) < 4.78 is 0. The van der Waals surface area contributed by atoms with E-state index in [1.165, 1.54) is 12.4 Å². The van der Waals surface area contributed by atoms with Crippen LogP contribution < -0.4 is 5.32 Å². The molecule has 6 nitrogen and oxygen atoms in total. The van der Waals surface area contributed by atoms with Gasteiger partial charge in [-0.15, -0.1) is 0 Å². The summed E-state index contributed by atoms with van der Waals surface area (Å²) in [4.78, 5) is 25.4. The monoisotopic (exact) mass is 260 g/mol. The fourth-order valence-electron chi connectivity index (χ4n) is 2.89. The van der Waals surface area contributed by atoms with Crippen molar-refractivity contribution in [3.8, 4) is 0 Å². The van der Waals surface area contributed by atoms with Crippen LogP contribution >= 0.6 is 0 Å². The predicted molar refractivity (Wildman–Crippen MR) is 67.2 cm³/mol. The molecule has 1 spiro atoms. The SMILES string of the molecule is O=C1CC2(CCN(C(=O)c3ccnnc3)CC2)CN1. The highest BCUT2D eigenvalue weighted by Crippen LogP contribution is 2.37. The Morgan fingerprint density at radius 1 is 1.32 bits per heavy atom. The van der Waals surface area contributed by atoms with Crippen molar-refractivity contribution in [2.24, 2.45) is 5.41 Å². The number of hydrogen-bond donors (Lipinski definition) is 1. The molecule has 2 saturated heterocycles. The summed E-state index contributed by atoms with van der Waals surface area (Å²) in [6.07, 6.45) is 5.39. The normalized spacial score (nSPS) is 21.5. The van der Waals surface area contributed by atoms with E-state index in [0.717, 1.165) is 19.4 Å². The third kappa shape index (κ3) is 2.30. The molecule has 3 heterocycles. The van der Waals surface area contributed by atoms with Gasteiger partial charge in [-0.25, -0.2) is 0 Å². The molecule has 2 fully saturated rings. The van der Waals surface area contributed by atoms with Crippen LogP contribution in [0.25, 0.3) is 0 Å². The van der Waals surface area contributed by atoms with E-state index in [4.69, 9.17) is 0 Å². The van der Waals surface area contributed by atoms with Crippen molar-refractivity contribution in [3.63, 3.8) is 0 Å². The van der Waals surface area contributed by atoms with E-state index < -0.39 is 0 Å². The van der Waals surface area contributed by atoms with Gasteiger partial charge in [-0.1, -0.05) is 0 Å². The lowest BCUT2D eigenvalue weighted by Crippen LogP contribution is -2.44. The molecule has 1 aromatic rings. The van der Waals surface area contributed by atoms with Gasteiger partial charge in [0.1, 0.15) is 0 Å². The van der Waals surface area contributed by atoms with Gasteiger partial charge in [-0.3, -0.25) is 9.59 Å². The molecule has 2 aliphatic heterocycles. The Labute approximate surface area is 111 Å². The number of carbonyl (C=O) groups excluding carboxylic acids is 2. The van der Waals surface area contributed by atoms with Crippen molar-refractivity contribution < 1.29 is 9.59 Å². The zero-order chi connectivity index (χ0) is 13.3. The largest absolute Gasteiger partial charge is 0.356 e. The van der Waals surface area contributed by atoms with E-state index in [1.807, 2.05) is 4.90 Å². The summed E-state index contributed by atoms with van der Waals surface area (Å²) in [5, 5.41) is 10.3. The Morgan fingerprint density at radius 3 is 2.68 bits per heavy atom. The highest BCUT2D eigenvalue weighted by Gasteiger charge is 2.41. The molecule has 2 amide bonds. The fraction of sp³-hybridized carbons (Fsp3) is 0.538. The van der Waals surface area contributed by atoms with Crippen molar-refractivity contribution in [2.45, 2.75) is 19.3 Å². The summed E-state index contributed by atoms with van der Waals surface area (Å²) in [6.45, 7) is 2.16. The second-order valence-corrected chi connectivity index (χ2v) is 5.38. The molecule has 0 atom stereocenters. The summed E-state index contributed by atoms with van der Waals surface area (Å²) >= 11 is 0. The van der Waals surface area contributed by atoms with Crippen LogP contribution in [-0.4, -0.2) is 46.5 Å². The number of aromatic nitrogens is 2. The zero-order valence-corrected chi connectivity index (χ0v) is 10.6. The molecular weight excluding hydrogens is 244 g/mol. The smallest absolute Gasteiger partial charge is 0.255 e. The molecule has 100 valence electrons. The number of rotatable bonds is 1. The second kappa shape index (κ2) is 4.60. The lowest BCUT2D eigenvalue weighted by molar-refractivity contribution is -0.119. The average Bonchev–Trinajstić information content (AvgIpc) is 2.81. The van der Waals surface area contributed by atoms with Gasteiger partial charge in [0.05, 0.1) is 18.0 Å². The number of nitrogens with one attached hydrogen (secondary N) is 1. The summed E-state index contributed by atoms with van der Waals surface area (Å²) in [6, 6.07) is 1.68. The lowest BCUT2D eigenvalue weighted by atomic mass is 9.77. The standard InChI is InChI=1S/C13H16N4O2/c18-11-7-13(9-14-11)2-5-17(6-3-13)12(19)10-1-4-15-16-8-10/h1,4,8H,2-3,5-7,9H2,(H,14,18). The number of nitrogens with zero attached hydrogens (tertiary/aromatic N) is 3. The Morgan fingerprint density at radius 2 is 2.11 bits per heavy atom. The molecule has 0 aromatic carbocycles. The number of amides is 2. The van der Waals surface area contributed by atoms with Crippen molar-refractivity contribution in [2.75, 3.05) is 19.6 Å². The first-order valence-corrected chi connectivity index (χ1v) is 6.51. The molecule has 1 N–H and O–H groups in total. The molecule has 0 aliphatic carbocycles. The summed E-state index contributed by atoms with van der Waals surface area (Å²) in [7, 11) is 0. The van der Waals surface area contributed by atoms with Crippen molar-refractivity contribution >= 4 is 11.8 Å². The van der Waals surface area contributed by atoms with E-state index in [9.17, 15) is 9.59 Å². The first kappa shape index (κ1) is 12.1. The minimum atomic E-state index is 0.00188. The molecule has 19 heavy (non-hydrogen) atoms. The fourth-order valence-corrected chi connectivity index (χ4v) is 2.89. The van der Waals surface area contributed by atoms with Crippen LogP contribution in [0.1, 0.15) is 29.6 Å². The molecule has 1 aromatic heterocycles. The predicted octanol–water partition coefficient (Wildman–Crippen LogP) is 0.219. The van der Waals surface area contributed by atoms with Gasteiger partial charge in [-0.05, 0) is 24.3 Å². The second-order valence-electron chi connectivity index (χ2n) is 5.38. The van der Waals surface area contributed by atoms with Gasteiger partial charge < -0.3 is 10.2 Å². The van der Waals surface area contributed by atoms with Crippen LogP contribution in [0.5, 0.6) is 0 Å². The molecule has 0 radical (unpaired) electrons. The van der Waals surface area contributed by atoms with E-state index in [0.29, 0.717) is 25.1 Å². The third-order valence-electron chi connectivity index (χ3n) is 4.14. The maximum absolute atomic E-state index is 12.2. The maximum atomic E-state index is 12.2. The maximum Gasteiger partial charge on any atom is 0.255 e. The summed E-state index contributed by atoms with van der Waals surface area (Å²) in [5.41, 5.74) is 0.649. The van der Waals surface area contributed by atoms with Crippen molar-refractivity contribution in [1.29, 1.82) is 0 Å². The Bertz CT molecular complexity index is 495. The van der Waals surface area contributed by atoms with Gasteiger partial charge in [-0.2, -0.15) is 10.2 Å². The van der Waals surface area contributed by atoms with Crippen molar-refractivity contribution in [1.82, 2.24) is 20.4 Å². The average molecular weight is 260 g/mol. The zero-order valence-electron chi connectivity index (χ0n) is 10.6. The Hall–Kier alpha value is -1.98. The van der Waals surface area contributed by atoms with E-state index in [1.54, 1.807) is 6.07 Å². The first-order valence-electron chi connectivity index (χ1n) is 6.51. The Kier molecular flexibility index (Phi) is 2.93. The summed E-state index contributed by atoms with van der Waals surface area (Å²) in [5.74, 6) is 0.139. The minimum Gasteiger partial charge on any atom is -0.356 e. The van der Waals surface area contributed by atoms with Crippen molar-refractivity contribution in [3.05, 3.63) is 24.0 Å². The molecular formula is C13H16N4O2. The molecule has 0 saturated carbocycles. The van der Waals surface area contributed by atoms with Gasteiger partial charge in [0.2, 0.25) is 5.91 Å². The van der Waals surface area contributed by atoms with E-state index >= 15 is 0 Å². The van der Waals surface area contributed by atoms with Crippen LogP contribution in [0.3, 0.4) is 0 Å². The van der Waals surface area contributed by atoms with Crippen LogP contribution in [0.4, 0.5) is 0 Å². The van der Waals surface area contributed by atoms with Crippen LogP contribution in [0.15, 0.2) is 18.5 Å². The number of likely N-dealkylation sites (tertiary alicyclic amines) is 1. The minimum absolute atomic E-state index is 0.00188. The number of hydrogen-bond acceptors (Lipinski definition) is 4. The van der Waals surface area contributed by atoms with Crippen LogP contribution in [-0.2, 0) is 4.79 Å². The highest BCUT2D eigenvalue weighted by atomic mass is 16.2. The van der Waals surface area contributed by atoms with Crippen LogP contribution in [0.2, 0.25) is 0 Å².